The van der Waals surface area contributed by atoms with E-state index in [1.807, 2.05) is 20.8 Å². The lowest BCUT2D eigenvalue weighted by molar-refractivity contribution is -0.274. The molecule has 0 spiro atoms. The Bertz CT molecular complexity index is 773. The number of aromatic nitrogens is 2. The summed E-state index contributed by atoms with van der Waals surface area (Å²) in [6.45, 7) is 7.49. The third kappa shape index (κ3) is 7.63. The number of amides is 1. The minimum atomic E-state index is -4.73. The van der Waals surface area contributed by atoms with Gasteiger partial charge in [0.15, 0.2) is 4.34 Å². The standard InChI is InChI=1S/C16H19F3N4O2S2/c1-9(12(24)21-15(2,3)4)26-14-23-22-13(27-14)20-10-5-7-11(8-6-10)25-16(17,18)19/h5-9H,1-4H3,(H,20,22)(H,21,24). The summed E-state index contributed by atoms with van der Waals surface area (Å²) in [5, 5.41) is 14.0. The monoisotopic (exact) mass is 420 g/mol. The van der Waals surface area contributed by atoms with Gasteiger partial charge in [0.1, 0.15) is 5.75 Å². The van der Waals surface area contributed by atoms with Crippen LogP contribution >= 0.6 is 23.1 Å². The maximum atomic E-state index is 12.2. The van der Waals surface area contributed by atoms with E-state index in [9.17, 15) is 18.0 Å². The molecule has 2 N–H and O–H groups in total. The molecule has 1 aromatic carbocycles. The Balaban J connectivity index is 1.93. The Morgan fingerprint density at radius 1 is 1.19 bits per heavy atom. The van der Waals surface area contributed by atoms with Crippen molar-refractivity contribution in [2.24, 2.45) is 0 Å². The second-order valence-electron chi connectivity index (χ2n) is 6.57. The van der Waals surface area contributed by atoms with Gasteiger partial charge in [0.05, 0.1) is 5.25 Å². The van der Waals surface area contributed by atoms with Crippen LogP contribution in [0.2, 0.25) is 0 Å². The molecule has 2 aromatic rings. The Morgan fingerprint density at radius 3 is 2.37 bits per heavy atom. The third-order valence-electron chi connectivity index (χ3n) is 2.89. The fourth-order valence-electron chi connectivity index (χ4n) is 1.85. The van der Waals surface area contributed by atoms with Crippen molar-refractivity contribution >= 4 is 39.8 Å². The molecule has 2 rings (SSSR count). The zero-order valence-corrected chi connectivity index (χ0v) is 16.7. The van der Waals surface area contributed by atoms with Gasteiger partial charge in [0.25, 0.3) is 0 Å². The molecule has 1 unspecified atom stereocenters. The van der Waals surface area contributed by atoms with E-state index in [4.69, 9.17) is 0 Å². The number of anilines is 2. The number of ether oxygens (including phenoxy) is 1. The molecule has 11 heteroatoms. The molecule has 0 aliphatic carbocycles. The highest BCUT2D eigenvalue weighted by molar-refractivity contribution is 8.02. The molecule has 0 saturated heterocycles. The summed E-state index contributed by atoms with van der Waals surface area (Å²) >= 11 is 2.52. The number of hydrogen-bond donors (Lipinski definition) is 2. The lowest BCUT2D eigenvalue weighted by atomic mass is 10.1. The topological polar surface area (TPSA) is 76.1 Å². The van der Waals surface area contributed by atoms with Gasteiger partial charge in [0.2, 0.25) is 11.0 Å². The average Bonchev–Trinajstić information content (AvgIpc) is 2.93. The number of nitrogens with one attached hydrogen (secondary N) is 2. The first kappa shape index (κ1) is 21.3. The van der Waals surface area contributed by atoms with E-state index in [0.717, 1.165) is 0 Å². The number of alkyl halides is 3. The minimum absolute atomic E-state index is 0.0996. The van der Waals surface area contributed by atoms with Crippen LogP contribution < -0.4 is 15.4 Å². The molecule has 148 valence electrons. The first-order valence-electron chi connectivity index (χ1n) is 7.86. The molecule has 0 radical (unpaired) electrons. The van der Waals surface area contributed by atoms with Crippen molar-refractivity contribution in [3.8, 4) is 5.75 Å². The maximum Gasteiger partial charge on any atom is 0.573 e. The van der Waals surface area contributed by atoms with Gasteiger partial charge in [-0.2, -0.15) is 0 Å². The van der Waals surface area contributed by atoms with E-state index in [1.165, 1.54) is 47.4 Å². The second kappa shape index (κ2) is 8.34. The molecule has 0 saturated carbocycles. The number of halogens is 3. The van der Waals surface area contributed by atoms with Gasteiger partial charge in [-0.25, -0.2) is 0 Å². The fourth-order valence-corrected chi connectivity index (χ4v) is 3.76. The molecule has 1 atom stereocenters. The Labute approximate surface area is 162 Å². The number of carbonyl (C=O) groups is 1. The summed E-state index contributed by atoms with van der Waals surface area (Å²) in [7, 11) is 0. The van der Waals surface area contributed by atoms with Crippen molar-refractivity contribution in [3.05, 3.63) is 24.3 Å². The van der Waals surface area contributed by atoms with Crippen molar-refractivity contribution in [2.45, 2.75) is 49.2 Å². The Kier molecular flexibility index (Phi) is 6.58. The van der Waals surface area contributed by atoms with Gasteiger partial charge in [-0.1, -0.05) is 23.1 Å². The number of rotatable bonds is 6. The first-order valence-corrected chi connectivity index (χ1v) is 9.56. The highest BCUT2D eigenvalue weighted by Crippen LogP contribution is 2.31. The Morgan fingerprint density at radius 2 is 1.81 bits per heavy atom. The van der Waals surface area contributed by atoms with Crippen molar-refractivity contribution in [1.82, 2.24) is 15.5 Å². The molecule has 6 nitrogen and oxygen atoms in total. The molecule has 0 fully saturated rings. The molecule has 0 aliphatic rings. The van der Waals surface area contributed by atoms with E-state index < -0.39 is 6.36 Å². The van der Waals surface area contributed by atoms with Crippen LogP contribution in [0.1, 0.15) is 27.7 Å². The minimum Gasteiger partial charge on any atom is -0.406 e. The van der Waals surface area contributed by atoms with Crippen molar-refractivity contribution in [1.29, 1.82) is 0 Å². The zero-order valence-electron chi connectivity index (χ0n) is 15.0. The molecule has 0 bridgehead atoms. The van der Waals surface area contributed by atoms with Crippen LogP contribution in [-0.4, -0.2) is 33.3 Å². The van der Waals surface area contributed by atoms with Crippen LogP contribution in [0.25, 0.3) is 0 Å². The molecule has 1 amide bonds. The smallest absolute Gasteiger partial charge is 0.406 e. The predicted molar refractivity (Wildman–Crippen MR) is 99.5 cm³/mol. The van der Waals surface area contributed by atoms with E-state index >= 15 is 0 Å². The quantitative estimate of drug-likeness (QED) is 0.667. The third-order valence-corrected chi connectivity index (χ3v) is 4.91. The van der Waals surface area contributed by atoms with Gasteiger partial charge >= 0.3 is 6.36 Å². The second-order valence-corrected chi connectivity index (χ2v) is 9.14. The van der Waals surface area contributed by atoms with Crippen LogP contribution in [0, 0.1) is 0 Å². The van der Waals surface area contributed by atoms with Gasteiger partial charge in [-0.15, -0.1) is 23.4 Å². The summed E-state index contributed by atoms with van der Waals surface area (Å²) < 4.78 is 40.9. The van der Waals surface area contributed by atoms with E-state index in [2.05, 4.69) is 25.6 Å². The number of benzene rings is 1. The number of hydrogen-bond acceptors (Lipinski definition) is 7. The lowest BCUT2D eigenvalue weighted by Crippen LogP contribution is -2.44. The number of carbonyl (C=O) groups excluding carboxylic acids is 1. The summed E-state index contributed by atoms with van der Waals surface area (Å²) in [5.41, 5.74) is 0.220. The zero-order chi connectivity index (χ0) is 20.2. The van der Waals surface area contributed by atoms with Gasteiger partial charge in [-0.3, -0.25) is 4.79 Å². The van der Waals surface area contributed by atoms with Gasteiger partial charge in [-0.05, 0) is 52.0 Å². The van der Waals surface area contributed by atoms with Crippen LogP contribution in [-0.2, 0) is 4.79 Å². The molecule has 27 heavy (non-hydrogen) atoms. The molecule has 1 aromatic heterocycles. The van der Waals surface area contributed by atoms with E-state index in [1.54, 1.807) is 6.92 Å². The summed E-state index contributed by atoms with van der Waals surface area (Å²) in [6, 6.07) is 5.28. The summed E-state index contributed by atoms with van der Waals surface area (Å²) in [4.78, 5) is 12.1. The van der Waals surface area contributed by atoms with Gasteiger partial charge in [0, 0.05) is 11.2 Å². The number of thioether (sulfide) groups is 1. The average molecular weight is 420 g/mol. The van der Waals surface area contributed by atoms with Gasteiger partial charge < -0.3 is 15.4 Å². The highest BCUT2D eigenvalue weighted by atomic mass is 32.2. The van der Waals surface area contributed by atoms with Crippen molar-refractivity contribution in [2.75, 3.05) is 5.32 Å². The fraction of sp³-hybridized carbons (Fsp3) is 0.438. The lowest BCUT2D eigenvalue weighted by Gasteiger charge is -2.22. The van der Waals surface area contributed by atoms with Crippen LogP contribution in [0.4, 0.5) is 24.0 Å². The molecule has 0 aliphatic heterocycles. The number of nitrogens with zero attached hydrogens (tertiary/aromatic N) is 2. The Hall–Kier alpha value is -2.01. The predicted octanol–water partition coefficient (Wildman–Crippen LogP) is 4.58. The van der Waals surface area contributed by atoms with Crippen molar-refractivity contribution in [3.63, 3.8) is 0 Å². The summed E-state index contributed by atoms with van der Waals surface area (Å²) in [5.74, 6) is -0.405. The SMILES string of the molecule is CC(Sc1nnc(Nc2ccc(OC(F)(F)F)cc2)s1)C(=O)NC(C)(C)C. The maximum absolute atomic E-state index is 12.2. The van der Waals surface area contributed by atoms with Crippen LogP contribution in [0.5, 0.6) is 5.75 Å². The largest absolute Gasteiger partial charge is 0.573 e. The van der Waals surface area contributed by atoms with E-state index in [0.29, 0.717) is 15.2 Å². The summed E-state index contributed by atoms with van der Waals surface area (Å²) in [6.07, 6.45) is -4.73. The first-order chi connectivity index (χ1) is 12.4. The molecular weight excluding hydrogens is 401 g/mol. The normalized spacial score (nSPS) is 13.1. The van der Waals surface area contributed by atoms with Crippen LogP contribution in [0.3, 0.4) is 0 Å². The van der Waals surface area contributed by atoms with Crippen molar-refractivity contribution < 1.29 is 22.7 Å². The molecule has 1 heterocycles. The van der Waals surface area contributed by atoms with E-state index in [-0.39, 0.29) is 22.4 Å². The molecular formula is C16H19F3N4O2S2. The van der Waals surface area contributed by atoms with Crippen LogP contribution in [0.15, 0.2) is 28.6 Å². The highest BCUT2D eigenvalue weighted by Gasteiger charge is 2.31.